The lowest BCUT2D eigenvalue weighted by Gasteiger charge is -2.15. The van der Waals surface area contributed by atoms with Crippen LogP contribution in [0.5, 0.6) is 5.75 Å². The maximum absolute atomic E-state index is 12.3. The smallest absolute Gasteiger partial charge is 0.329 e. The molecule has 1 fully saturated rings. The van der Waals surface area contributed by atoms with Crippen molar-refractivity contribution in [3.05, 3.63) is 29.8 Å². The normalized spacial score (nSPS) is 18.0. The highest BCUT2D eigenvalue weighted by molar-refractivity contribution is 8.24. The molecule has 0 saturated carbocycles. The van der Waals surface area contributed by atoms with Gasteiger partial charge in [0, 0.05) is 0 Å². The summed E-state index contributed by atoms with van der Waals surface area (Å²) in [5.41, 5.74) is 0.914. The van der Waals surface area contributed by atoms with Crippen LogP contribution >= 0.6 is 24.0 Å². The third kappa shape index (κ3) is 3.54. The molecule has 112 valence electrons. The fourth-order valence-corrected chi connectivity index (χ4v) is 3.19. The van der Waals surface area contributed by atoms with E-state index in [0.29, 0.717) is 10.9 Å². The summed E-state index contributed by atoms with van der Waals surface area (Å²) in [7, 11) is 1.59. The van der Waals surface area contributed by atoms with Gasteiger partial charge in [-0.3, -0.25) is 14.5 Å². The van der Waals surface area contributed by atoms with Crippen LogP contribution in [0.1, 0.15) is 12.5 Å². The standard InChI is InChI=1S/C14H15NO4S2/c1-3-19-13(17)11-12(16)15(14(20)21-11)8-9-4-6-10(18-2)7-5-9/h4-7,11H,3,8H2,1-2H3. The summed E-state index contributed by atoms with van der Waals surface area (Å²) in [5.74, 6) is -0.112. The van der Waals surface area contributed by atoms with Crippen LogP contribution in [0.25, 0.3) is 0 Å². The highest BCUT2D eigenvalue weighted by atomic mass is 32.2. The minimum atomic E-state index is -0.879. The third-order valence-electron chi connectivity index (χ3n) is 2.93. The molecule has 1 aromatic carbocycles. The molecule has 0 aliphatic carbocycles. The van der Waals surface area contributed by atoms with Crippen molar-refractivity contribution < 1.29 is 19.1 Å². The molecule has 1 heterocycles. The zero-order valence-corrected chi connectivity index (χ0v) is 13.3. The van der Waals surface area contributed by atoms with Gasteiger partial charge in [0.2, 0.25) is 0 Å². The summed E-state index contributed by atoms with van der Waals surface area (Å²) >= 11 is 6.25. The number of carbonyl (C=O) groups excluding carboxylic acids is 2. The molecule has 1 atom stereocenters. The summed E-state index contributed by atoms with van der Waals surface area (Å²) in [4.78, 5) is 25.4. The second-order valence-corrected chi connectivity index (χ2v) is 6.03. The number of methoxy groups -OCH3 is 1. The number of carbonyl (C=O) groups is 2. The Balaban J connectivity index is 2.07. The van der Waals surface area contributed by atoms with Crippen molar-refractivity contribution in [2.45, 2.75) is 18.7 Å². The number of hydrogen-bond acceptors (Lipinski definition) is 6. The molecule has 1 unspecified atom stereocenters. The molecule has 1 aromatic rings. The first-order valence-electron chi connectivity index (χ1n) is 6.38. The van der Waals surface area contributed by atoms with Crippen LogP contribution in [0.15, 0.2) is 24.3 Å². The maximum Gasteiger partial charge on any atom is 0.329 e. The second-order valence-electron chi connectivity index (χ2n) is 4.29. The average molecular weight is 325 g/mol. The molecule has 5 nitrogen and oxygen atoms in total. The Bertz CT molecular complexity index is 559. The van der Waals surface area contributed by atoms with E-state index >= 15 is 0 Å². The number of nitrogens with zero attached hydrogens (tertiary/aromatic N) is 1. The van der Waals surface area contributed by atoms with E-state index < -0.39 is 11.2 Å². The lowest BCUT2D eigenvalue weighted by atomic mass is 10.2. The van der Waals surface area contributed by atoms with Gasteiger partial charge in [-0.15, -0.1) is 0 Å². The molecular formula is C14H15NO4S2. The molecule has 7 heteroatoms. The third-order valence-corrected chi connectivity index (χ3v) is 4.49. The number of thioether (sulfide) groups is 1. The van der Waals surface area contributed by atoms with Crippen molar-refractivity contribution in [3.63, 3.8) is 0 Å². The predicted octanol–water partition coefficient (Wildman–Crippen LogP) is 1.99. The molecule has 1 aliphatic rings. The number of benzene rings is 1. The number of esters is 1. The van der Waals surface area contributed by atoms with Gasteiger partial charge in [-0.05, 0) is 24.6 Å². The lowest BCUT2D eigenvalue weighted by Crippen LogP contribution is -2.34. The van der Waals surface area contributed by atoms with Crippen molar-refractivity contribution >= 4 is 40.2 Å². The van der Waals surface area contributed by atoms with Gasteiger partial charge in [-0.2, -0.15) is 0 Å². The minimum absolute atomic E-state index is 0.244. The SMILES string of the molecule is CCOC(=O)C1SC(=S)N(Cc2ccc(OC)cc2)C1=O. The Morgan fingerprint density at radius 2 is 2.05 bits per heavy atom. The van der Waals surface area contributed by atoms with Gasteiger partial charge >= 0.3 is 5.97 Å². The molecule has 2 rings (SSSR count). The van der Waals surface area contributed by atoms with Crippen LogP contribution < -0.4 is 4.74 Å². The van der Waals surface area contributed by atoms with E-state index in [1.54, 1.807) is 14.0 Å². The quantitative estimate of drug-likeness (QED) is 0.469. The van der Waals surface area contributed by atoms with E-state index in [1.807, 2.05) is 24.3 Å². The zero-order chi connectivity index (χ0) is 15.4. The van der Waals surface area contributed by atoms with E-state index in [4.69, 9.17) is 21.7 Å². The fourth-order valence-electron chi connectivity index (χ4n) is 1.87. The van der Waals surface area contributed by atoms with Gasteiger partial charge < -0.3 is 9.47 Å². The van der Waals surface area contributed by atoms with Crippen LogP contribution in [0.4, 0.5) is 0 Å². The van der Waals surface area contributed by atoms with E-state index in [2.05, 4.69) is 0 Å². The van der Waals surface area contributed by atoms with E-state index in [0.717, 1.165) is 23.1 Å². The van der Waals surface area contributed by atoms with Gasteiger partial charge in [0.05, 0.1) is 20.3 Å². The topological polar surface area (TPSA) is 55.8 Å². The van der Waals surface area contributed by atoms with Crippen LogP contribution in [-0.4, -0.2) is 40.1 Å². The number of thiocarbonyl (C=S) groups is 1. The molecule has 1 amide bonds. The summed E-state index contributed by atoms with van der Waals surface area (Å²) < 4.78 is 10.4. The monoisotopic (exact) mass is 325 g/mol. The average Bonchev–Trinajstić information content (AvgIpc) is 2.76. The van der Waals surface area contributed by atoms with Gasteiger partial charge in [0.25, 0.3) is 5.91 Å². The number of amides is 1. The molecule has 21 heavy (non-hydrogen) atoms. The van der Waals surface area contributed by atoms with Crippen molar-refractivity contribution in [2.75, 3.05) is 13.7 Å². The fraction of sp³-hybridized carbons (Fsp3) is 0.357. The van der Waals surface area contributed by atoms with E-state index in [-0.39, 0.29) is 12.5 Å². The number of ether oxygens (including phenoxy) is 2. The first-order chi connectivity index (χ1) is 10.1. The predicted molar refractivity (Wildman–Crippen MR) is 84.2 cm³/mol. The van der Waals surface area contributed by atoms with Crippen LogP contribution in [0.2, 0.25) is 0 Å². The van der Waals surface area contributed by atoms with Gasteiger partial charge in [0.1, 0.15) is 10.1 Å². The summed E-state index contributed by atoms with van der Waals surface area (Å²) in [6.45, 7) is 2.29. The highest BCUT2D eigenvalue weighted by Crippen LogP contribution is 2.30. The largest absolute Gasteiger partial charge is 0.497 e. The van der Waals surface area contributed by atoms with Crippen molar-refractivity contribution in [1.82, 2.24) is 4.90 Å². The Kier molecular flexibility index (Phi) is 5.19. The van der Waals surface area contributed by atoms with Gasteiger partial charge in [-0.25, -0.2) is 0 Å². The first kappa shape index (κ1) is 15.8. The second kappa shape index (κ2) is 6.91. The number of hydrogen-bond donors (Lipinski definition) is 0. The molecule has 0 spiro atoms. The molecule has 0 aromatic heterocycles. The van der Waals surface area contributed by atoms with Crippen LogP contribution in [0.3, 0.4) is 0 Å². The molecule has 1 saturated heterocycles. The van der Waals surface area contributed by atoms with Crippen LogP contribution in [-0.2, 0) is 20.9 Å². The zero-order valence-electron chi connectivity index (χ0n) is 11.7. The molecule has 0 bridgehead atoms. The Morgan fingerprint density at radius 1 is 1.38 bits per heavy atom. The maximum atomic E-state index is 12.3. The summed E-state index contributed by atoms with van der Waals surface area (Å²) in [6, 6.07) is 7.35. The molecule has 0 radical (unpaired) electrons. The molecule has 1 aliphatic heterocycles. The van der Waals surface area contributed by atoms with E-state index in [9.17, 15) is 9.59 Å². The summed E-state index contributed by atoms with van der Waals surface area (Å²) in [5, 5.41) is -0.879. The lowest BCUT2D eigenvalue weighted by molar-refractivity contribution is -0.146. The summed E-state index contributed by atoms with van der Waals surface area (Å²) in [6.07, 6.45) is 0. The van der Waals surface area contributed by atoms with Crippen molar-refractivity contribution in [1.29, 1.82) is 0 Å². The Labute approximate surface area is 132 Å². The van der Waals surface area contributed by atoms with Crippen LogP contribution in [0, 0.1) is 0 Å². The van der Waals surface area contributed by atoms with E-state index in [1.165, 1.54) is 4.90 Å². The first-order valence-corrected chi connectivity index (χ1v) is 7.67. The number of rotatable bonds is 5. The molecular weight excluding hydrogens is 310 g/mol. The Hall–Kier alpha value is -1.60. The van der Waals surface area contributed by atoms with Crippen molar-refractivity contribution in [2.24, 2.45) is 0 Å². The highest BCUT2D eigenvalue weighted by Gasteiger charge is 2.42. The Morgan fingerprint density at radius 3 is 2.62 bits per heavy atom. The van der Waals surface area contributed by atoms with Gasteiger partial charge in [-0.1, -0.05) is 36.1 Å². The minimum Gasteiger partial charge on any atom is -0.497 e. The van der Waals surface area contributed by atoms with Crippen molar-refractivity contribution in [3.8, 4) is 5.75 Å². The van der Waals surface area contributed by atoms with Gasteiger partial charge in [0.15, 0.2) is 5.25 Å². The molecule has 0 N–H and O–H groups in total.